The van der Waals surface area contributed by atoms with E-state index in [0.717, 1.165) is 33.9 Å². The van der Waals surface area contributed by atoms with E-state index in [0.29, 0.717) is 43.4 Å². The molecular weight excluding hydrogens is 646 g/mol. The van der Waals surface area contributed by atoms with Gasteiger partial charge in [-0.2, -0.15) is 0 Å². The molecule has 0 aliphatic carbocycles. The molecule has 12 heteroatoms. The van der Waals surface area contributed by atoms with Crippen LogP contribution in [0.15, 0.2) is 94.7 Å². The Morgan fingerprint density at radius 2 is 1.63 bits per heavy atom. The normalized spacial score (nSPS) is 18.8. The van der Waals surface area contributed by atoms with Gasteiger partial charge in [0.2, 0.25) is 17.7 Å². The zero-order valence-electron chi connectivity index (χ0n) is 24.6. The van der Waals surface area contributed by atoms with Crippen LogP contribution in [0.3, 0.4) is 0 Å². The van der Waals surface area contributed by atoms with Crippen molar-refractivity contribution in [1.29, 1.82) is 0 Å². The van der Waals surface area contributed by atoms with E-state index < -0.39 is 23.0 Å². The van der Waals surface area contributed by atoms with E-state index >= 15 is 0 Å². The molecule has 0 saturated carbocycles. The molecule has 1 fully saturated rings. The van der Waals surface area contributed by atoms with Gasteiger partial charge in [0, 0.05) is 26.9 Å². The number of carbonyl (C=O) groups excluding carboxylic acids is 3. The number of fused-ring (bicyclic) bond motifs is 3. The van der Waals surface area contributed by atoms with E-state index in [4.69, 9.17) is 21.1 Å². The second kappa shape index (κ2) is 12.0. The van der Waals surface area contributed by atoms with Gasteiger partial charge < -0.3 is 14.8 Å². The van der Waals surface area contributed by atoms with Crippen LogP contribution < -0.4 is 24.6 Å². The van der Waals surface area contributed by atoms with Crippen molar-refractivity contribution in [3.8, 4) is 11.5 Å². The quantitative estimate of drug-likeness (QED) is 0.206. The second-order valence-corrected chi connectivity index (χ2v) is 13.4. The number of rotatable bonds is 7. The molecule has 3 amide bonds. The summed E-state index contributed by atoms with van der Waals surface area (Å²) in [5.41, 5.74) is 1.73. The number of anilines is 2. The number of aromatic nitrogens is 1. The lowest BCUT2D eigenvalue weighted by molar-refractivity contribution is -0.122. The van der Waals surface area contributed by atoms with E-state index in [2.05, 4.69) is 5.32 Å². The molecule has 0 spiro atoms. The van der Waals surface area contributed by atoms with E-state index in [1.807, 2.05) is 48.5 Å². The van der Waals surface area contributed by atoms with Crippen LogP contribution >= 0.6 is 34.7 Å². The predicted octanol–water partition coefficient (Wildman–Crippen LogP) is 6.17. The molecule has 4 aromatic carbocycles. The number of carbonyl (C=O) groups is 3. The number of benzene rings is 4. The molecule has 2 aliphatic heterocycles. The zero-order valence-corrected chi connectivity index (χ0v) is 26.9. The highest BCUT2D eigenvalue weighted by atomic mass is 35.5. The summed E-state index contributed by atoms with van der Waals surface area (Å²) in [7, 11) is 3.05. The van der Waals surface area contributed by atoms with Crippen LogP contribution in [0.4, 0.5) is 11.4 Å². The lowest BCUT2D eigenvalue weighted by atomic mass is 9.83. The molecule has 1 saturated heterocycles. The summed E-state index contributed by atoms with van der Waals surface area (Å²) in [5.74, 6) is -1.68. The van der Waals surface area contributed by atoms with Crippen molar-refractivity contribution in [2.75, 3.05) is 24.4 Å². The Kier molecular flexibility index (Phi) is 7.83. The number of amides is 3. The number of hydrogen-bond donors (Lipinski definition) is 1. The fourth-order valence-corrected chi connectivity index (χ4v) is 9.07. The summed E-state index contributed by atoms with van der Waals surface area (Å²) in [6, 6.07) is 25.2. The SMILES string of the molecule is COc1ccc(C2c3sc(=O)n(CC(=O)Nc4cccc5ccccc45)c3SC3C(=O)N(c4ccc(Cl)cc4)C(=O)C32)cc1OC. The third kappa shape index (κ3) is 5.04. The van der Waals surface area contributed by atoms with Gasteiger partial charge >= 0.3 is 4.87 Å². The highest BCUT2D eigenvalue weighted by Crippen LogP contribution is 2.54. The monoisotopic (exact) mass is 671 g/mol. The first-order chi connectivity index (χ1) is 22.3. The average molecular weight is 672 g/mol. The van der Waals surface area contributed by atoms with E-state index in [-0.39, 0.29) is 23.2 Å². The standard InChI is InChI=1S/C34H26ClN3O6S2/c1-43-24-15-10-19(16-25(24)44-2)27-28-29(32(41)38(31(28)40)21-13-11-20(35)12-14-21)45-33-30(27)46-34(42)37(33)17-26(39)36-23-9-5-7-18-6-3-4-8-22(18)23/h3-16,27-29H,17H2,1-2H3,(H,36,39). The third-order valence-electron chi connectivity index (χ3n) is 8.27. The fourth-order valence-electron chi connectivity index (χ4n) is 6.17. The minimum absolute atomic E-state index is 0.264. The van der Waals surface area contributed by atoms with E-state index in [9.17, 15) is 19.2 Å². The van der Waals surface area contributed by atoms with Crippen molar-refractivity contribution in [3.05, 3.63) is 110 Å². The Morgan fingerprint density at radius 3 is 2.39 bits per heavy atom. The molecule has 1 aromatic heterocycles. The number of nitrogens with zero attached hydrogens (tertiary/aromatic N) is 2. The summed E-state index contributed by atoms with van der Waals surface area (Å²) in [6.45, 7) is -0.264. The predicted molar refractivity (Wildman–Crippen MR) is 180 cm³/mol. The van der Waals surface area contributed by atoms with E-state index in [1.54, 1.807) is 36.4 Å². The summed E-state index contributed by atoms with van der Waals surface area (Å²) in [6.07, 6.45) is 0. The molecule has 46 heavy (non-hydrogen) atoms. The van der Waals surface area contributed by atoms with Crippen molar-refractivity contribution in [2.45, 2.75) is 22.7 Å². The molecule has 0 radical (unpaired) electrons. The van der Waals surface area contributed by atoms with Gasteiger partial charge in [-0.05, 0) is 53.4 Å². The van der Waals surface area contributed by atoms with Crippen molar-refractivity contribution in [2.24, 2.45) is 5.92 Å². The van der Waals surface area contributed by atoms with Crippen LogP contribution in [0, 0.1) is 5.92 Å². The first kappa shape index (κ1) is 30.1. The van der Waals surface area contributed by atoms with Gasteiger partial charge in [0.15, 0.2) is 11.5 Å². The maximum atomic E-state index is 14.1. The highest BCUT2D eigenvalue weighted by Gasteiger charge is 2.57. The first-order valence-corrected chi connectivity index (χ1v) is 16.4. The van der Waals surface area contributed by atoms with Gasteiger partial charge in [0.1, 0.15) is 11.8 Å². The number of nitrogens with one attached hydrogen (secondary N) is 1. The van der Waals surface area contributed by atoms with Gasteiger partial charge in [-0.1, -0.05) is 77.2 Å². The lowest BCUT2D eigenvalue weighted by Gasteiger charge is -2.31. The number of thioether (sulfide) groups is 1. The Balaban J connectivity index is 1.30. The topological polar surface area (TPSA) is 107 Å². The van der Waals surface area contributed by atoms with Crippen LogP contribution in [0.5, 0.6) is 11.5 Å². The second-order valence-electron chi connectivity index (χ2n) is 10.8. The van der Waals surface area contributed by atoms with Crippen LogP contribution in [0.25, 0.3) is 10.8 Å². The summed E-state index contributed by atoms with van der Waals surface area (Å²) < 4.78 is 12.4. The molecular formula is C34H26ClN3O6S2. The lowest BCUT2D eigenvalue weighted by Crippen LogP contribution is -2.33. The highest BCUT2D eigenvalue weighted by molar-refractivity contribution is 8.00. The van der Waals surface area contributed by atoms with E-state index in [1.165, 1.54) is 23.7 Å². The minimum atomic E-state index is -0.838. The van der Waals surface area contributed by atoms with Crippen LogP contribution in [-0.4, -0.2) is 41.8 Å². The van der Waals surface area contributed by atoms with Gasteiger partial charge in [-0.25, -0.2) is 4.90 Å². The van der Waals surface area contributed by atoms with Crippen molar-refractivity contribution in [3.63, 3.8) is 0 Å². The molecule has 5 aromatic rings. The number of ether oxygens (including phenoxy) is 2. The van der Waals surface area contributed by atoms with Crippen molar-refractivity contribution < 1.29 is 23.9 Å². The maximum absolute atomic E-state index is 14.1. The molecule has 232 valence electrons. The van der Waals surface area contributed by atoms with Gasteiger partial charge in [0.25, 0.3) is 0 Å². The van der Waals surface area contributed by atoms with Crippen LogP contribution in [-0.2, 0) is 20.9 Å². The molecule has 9 nitrogen and oxygen atoms in total. The molecule has 0 bridgehead atoms. The Morgan fingerprint density at radius 1 is 0.891 bits per heavy atom. The first-order valence-electron chi connectivity index (χ1n) is 14.3. The Hall–Kier alpha value is -4.58. The Labute approximate surface area is 276 Å². The van der Waals surface area contributed by atoms with Gasteiger partial charge in [-0.15, -0.1) is 0 Å². The summed E-state index contributed by atoms with van der Waals surface area (Å²) >= 11 is 8.23. The number of thiazole rings is 1. The van der Waals surface area contributed by atoms with Gasteiger partial charge in [-0.3, -0.25) is 23.7 Å². The molecule has 1 N–H and O–H groups in total. The Bertz CT molecular complexity index is 2090. The molecule has 7 rings (SSSR count). The minimum Gasteiger partial charge on any atom is -0.493 e. The number of imide groups is 1. The largest absolute Gasteiger partial charge is 0.493 e. The molecule has 3 heterocycles. The smallest absolute Gasteiger partial charge is 0.308 e. The van der Waals surface area contributed by atoms with Crippen molar-refractivity contribution in [1.82, 2.24) is 4.57 Å². The maximum Gasteiger partial charge on any atom is 0.308 e. The fraction of sp³-hybridized carbons (Fsp3) is 0.176. The number of methoxy groups -OCH3 is 2. The van der Waals surface area contributed by atoms with Crippen LogP contribution in [0.1, 0.15) is 16.4 Å². The number of halogens is 1. The average Bonchev–Trinajstić information content (AvgIpc) is 3.51. The van der Waals surface area contributed by atoms with Gasteiger partial charge in [0.05, 0.1) is 30.9 Å². The number of hydrogen-bond acceptors (Lipinski definition) is 8. The molecule has 3 unspecified atom stereocenters. The van der Waals surface area contributed by atoms with Crippen LogP contribution in [0.2, 0.25) is 5.02 Å². The zero-order chi connectivity index (χ0) is 32.1. The molecule has 2 aliphatic rings. The summed E-state index contributed by atoms with van der Waals surface area (Å²) in [4.78, 5) is 56.6. The molecule has 3 atom stereocenters. The third-order valence-corrected chi connectivity index (χ3v) is 11.1. The summed E-state index contributed by atoms with van der Waals surface area (Å²) in [5, 5.41) is 4.93. The van der Waals surface area contributed by atoms with Crippen molar-refractivity contribution >= 4 is 74.6 Å².